The van der Waals surface area contributed by atoms with E-state index in [1.807, 2.05) is 0 Å². The van der Waals surface area contributed by atoms with Gasteiger partial charge >= 0.3 is 0 Å². The van der Waals surface area contributed by atoms with Gasteiger partial charge in [-0.1, -0.05) is 0 Å². The van der Waals surface area contributed by atoms with Crippen molar-refractivity contribution in [1.29, 1.82) is 0 Å². The Hall–Kier alpha value is -1.28. The first-order chi connectivity index (χ1) is 7.52. The van der Waals surface area contributed by atoms with Crippen LogP contribution in [-0.2, 0) is 0 Å². The molecule has 9 heteroatoms. The number of alkyl halides is 2. The van der Waals surface area contributed by atoms with E-state index in [0.29, 0.717) is 0 Å². The van der Waals surface area contributed by atoms with Gasteiger partial charge in [-0.25, -0.2) is 8.78 Å². The third-order valence-electron chi connectivity index (χ3n) is 1.62. The summed E-state index contributed by atoms with van der Waals surface area (Å²) < 4.78 is 24.5. The second-order valence-corrected chi connectivity index (χ2v) is 3.16. The Morgan fingerprint density at radius 2 is 2.06 bits per heavy atom. The van der Waals surface area contributed by atoms with Gasteiger partial charge in [-0.3, -0.25) is 0 Å². The Bertz CT molecular complexity index is 333. The molecule has 0 fully saturated rings. The predicted octanol–water partition coefficient (Wildman–Crippen LogP) is 0.171. The lowest BCUT2D eigenvalue weighted by atomic mass is 10.5. The largest absolute Gasteiger partial charge is 0.395 e. The van der Waals surface area contributed by atoms with Crippen LogP contribution in [0.25, 0.3) is 0 Å². The summed E-state index contributed by atoms with van der Waals surface area (Å²) in [6, 6.07) is 0. The average Bonchev–Trinajstić information content (AvgIpc) is 2.14. The van der Waals surface area contributed by atoms with Crippen molar-refractivity contribution in [1.82, 2.24) is 15.0 Å². The SMILES string of the molecule is Nc1nc(Cl)nc(N(CCO)CC(F)F)n1. The quantitative estimate of drug-likeness (QED) is 0.778. The number of anilines is 2. The van der Waals surface area contributed by atoms with Crippen molar-refractivity contribution < 1.29 is 13.9 Å². The zero-order valence-electron chi connectivity index (χ0n) is 8.15. The van der Waals surface area contributed by atoms with Crippen LogP contribution in [0.2, 0.25) is 5.28 Å². The van der Waals surface area contributed by atoms with Crippen molar-refractivity contribution in [3.05, 3.63) is 5.28 Å². The average molecular weight is 254 g/mol. The summed E-state index contributed by atoms with van der Waals surface area (Å²) >= 11 is 5.51. The maximum absolute atomic E-state index is 12.2. The monoisotopic (exact) mass is 253 g/mol. The summed E-state index contributed by atoms with van der Waals surface area (Å²) in [5, 5.41) is 8.55. The van der Waals surface area contributed by atoms with Gasteiger partial charge in [0.05, 0.1) is 13.2 Å². The standard InChI is InChI=1S/C7H10ClF2N5O/c8-5-12-6(11)14-7(13-5)15(1-2-16)3-4(9)10/h4,16H,1-3H2,(H2,11,12,13,14). The number of hydrogen-bond donors (Lipinski definition) is 2. The third-order valence-corrected chi connectivity index (χ3v) is 1.79. The fraction of sp³-hybridized carbons (Fsp3) is 0.571. The molecule has 0 aromatic carbocycles. The molecule has 0 aliphatic rings. The molecule has 1 rings (SSSR count). The van der Waals surface area contributed by atoms with Gasteiger partial charge < -0.3 is 15.7 Å². The Kier molecular flexibility index (Phi) is 4.56. The highest BCUT2D eigenvalue weighted by molar-refractivity contribution is 6.28. The molecule has 6 nitrogen and oxygen atoms in total. The van der Waals surface area contributed by atoms with Crippen LogP contribution in [0.3, 0.4) is 0 Å². The van der Waals surface area contributed by atoms with Crippen molar-refractivity contribution in [2.45, 2.75) is 6.43 Å². The third kappa shape index (κ3) is 3.70. The van der Waals surface area contributed by atoms with Crippen LogP contribution in [0.4, 0.5) is 20.7 Å². The lowest BCUT2D eigenvalue weighted by molar-refractivity contribution is 0.152. The highest BCUT2D eigenvalue weighted by atomic mass is 35.5. The van der Waals surface area contributed by atoms with E-state index in [2.05, 4.69) is 15.0 Å². The Morgan fingerprint density at radius 3 is 2.56 bits per heavy atom. The number of halogens is 3. The number of hydrogen-bond acceptors (Lipinski definition) is 6. The summed E-state index contributed by atoms with van der Waals surface area (Å²) in [4.78, 5) is 11.9. The zero-order valence-corrected chi connectivity index (χ0v) is 8.90. The second-order valence-electron chi connectivity index (χ2n) is 2.82. The summed E-state index contributed by atoms with van der Waals surface area (Å²) in [5.41, 5.74) is 5.30. The number of aliphatic hydroxyl groups excluding tert-OH is 1. The van der Waals surface area contributed by atoms with E-state index in [1.54, 1.807) is 0 Å². The molecular weight excluding hydrogens is 244 g/mol. The topological polar surface area (TPSA) is 88.2 Å². The molecule has 0 saturated heterocycles. The minimum Gasteiger partial charge on any atom is -0.395 e. The van der Waals surface area contributed by atoms with Crippen LogP contribution in [0.5, 0.6) is 0 Å². The summed E-state index contributed by atoms with van der Waals surface area (Å²) in [6.45, 7) is -0.958. The molecule has 3 N–H and O–H groups in total. The molecule has 90 valence electrons. The van der Waals surface area contributed by atoms with Crippen molar-refractivity contribution in [3.63, 3.8) is 0 Å². The van der Waals surface area contributed by atoms with Crippen molar-refractivity contribution in [3.8, 4) is 0 Å². The van der Waals surface area contributed by atoms with Crippen LogP contribution in [0.1, 0.15) is 0 Å². The van der Waals surface area contributed by atoms with Crippen LogP contribution >= 0.6 is 11.6 Å². The lowest BCUT2D eigenvalue weighted by Crippen LogP contribution is -2.33. The molecule has 0 atom stereocenters. The maximum atomic E-state index is 12.2. The summed E-state index contributed by atoms with van der Waals surface area (Å²) in [5.74, 6) is -0.237. The number of nitrogens with zero attached hydrogens (tertiary/aromatic N) is 4. The zero-order chi connectivity index (χ0) is 12.1. The smallest absolute Gasteiger partial charge is 0.255 e. The Morgan fingerprint density at radius 1 is 1.38 bits per heavy atom. The van der Waals surface area contributed by atoms with Gasteiger partial charge in [0.1, 0.15) is 0 Å². The fourth-order valence-electron chi connectivity index (χ4n) is 1.06. The molecule has 0 saturated carbocycles. The Labute approximate surface area is 95.1 Å². The van der Waals surface area contributed by atoms with E-state index in [1.165, 1.54) is 0 Å². The summed E-state index contributed by atoms with van der Waals surface area (Å²) in [7, 11) is 0. The van der Waals surface area contributed by atoms with Gasteiger partial charge in [0.15, 0.2) is 0 Å². The first kappa shape index (κ1) is 12.8. The van der Waals surface area contributed by atoms with Gasteiger partial charge in [-0.15, -0.1) is 0 Å². The van der Waals surface area contributed by atoms with E-state index in [4.69, 9.17) is 22.4 Å². The molecular formula is C7H10ClF2N5O. The first-order valence-corrected chi connectivity index (χ1v) is 4.71. The van der Waals surface area contributed by atoms with E-state index in [0.717, 1.165) is 4.90 Å². The molecule has 0 amide bonds. The van der Waals surface area contributed by atoms with Crippen LogP contribution in [0.15, 0.2) is 0 Å². The highest BCUT2D eigenvalue weighted by Gasteiger charge is 2.16. The van der Waals surface area contributed by atoms with Gasteiger partial charge in [0.25, 0.3) is 6.43 Å². The molecule has 1 aromatic rings. The fourth-order valence-corrected chi connectivity index (χ4v) is 1.22. The number of aromatic nitrogens is 3. The van der Waals surface area contributed by atoms with Gasteiger partial charge in [-0.2, -0.15) is 15.0 Å². The molecule has 1 heterocycles. The van der Waals surface area contributed by atoms with Crippen molar-refractivity contribution in [2.75, 3.05) is 30.3 Å². The minimum atomic E-state index is -2.58. The number of nitrogens with two attached hydrogens (primary N) is 1. The predicted molar refractivity (Wildman–Crippen MR) is 54.6 cm³/mol. The lowest BCUT2D eigenvalue weighted by Gasteiger charge is -2.20. The normalized spacial score (nSPS) is 10.8. The number of nitrogen functional groups attached to an aromatic ring is 1. The molecule has 0 aliphatic carbocycles. The van der Waals surface area contributed by atoms with E-state index >= 15 is 0 Å². The molecule has 0 spiro atoms. The molecule has 0 aliphatic heterocycles. The van der Waals surface area contributed by atoms with Crippen LogP contribution < -0.4 is 10.6 Å². The van der Waals surface area contributed by atoms with Crippen molar-refractivity contribution in [2.24, 2.45) is 0 Å². The second kappa shape index (κ2) is 5.71. The highest BCUT2D eigenvalue weighted by Crippen LogP contribution is 2.13. The number of rotatable bonds is 5. The van der Waals surface area contributed by atoms with Gasteiger partial charge in [-0.05, 0) is 11.6 Å². The molecule has 0 bridgehead atoms. The van der Waals surface area contributed by atoms with Gasteiger partial charge in [0, 0.05) is 6.54 Å². The Balaban J connectivity index is 2.90. The van der Waals surface area contributed by atoms with Crippen molar-refractivity contribution >= 4 is 23.5 Å². The van der Waals surface area contributed by atoms with Gasteiger partial charge in [0.2, 0.25) is 17.2 Å². The molecule has 16 heavy (non-hydrogen) atoms. The maximum Gasteiger partial charge on any atom is 0.255 e. The van der Waals surface area contributed by atoms with E-state index in [-0.39, 0.29) is 30.3 Å². The van der Waals surface area contributed by atoms with Crippen LogP contribution in [-0.4, -0.2) is 46.2 Å². The number of aliphatic hydroxyl groups is 1. The van der Waals surface area contributed by atoms with Crippen LogP contribution in [0, 0.1) is 0 Å². The minimum absolute atomic E-state index is 0.0376. The van der Waals surface area contributed by atoms with E-state index in [9.17, 15) is 8.78 Å². The molecule has 0 unspecified atom stereocenters. The molecule has 1 aromatic heterocycles. The summed E-state index contributed by atoms with van der Waals surface area (Å²) in [6.07, 6.45) is -2.58. The first-order valence-electron chi connectivity index (χ1n) is 4.34. The molecule has 0 radical (unpaired) electrons. The van der Waals surface area contributed by atoms with E-state index < -0.39 is 13.0 Å².